The first-order valence-corrected chi connectivity index (χ1v) is 19.3. The van der Waals surface area contributed by atoms with Gasteiger partial charge >= 0.3 is 24.2 Å². The molecular formula is C37H44Cl2N6O10S. The van der Waals surface area contributed by atoms with Gasteiger partial charge in [0.05, 0.1) is 22.6 Å². The molecule has 0 fully saturated rings. The summed E-state index contributed by atoms with van der Waals surface area (Å²) < 4.78 is 46.2. The SMILES string of the molecule is CC(C)(C)OC(=O)N(CCN(C(=O)OC(C)(C)C)c1ccc(-n2ccc3cc(N(CC(=O)O)S(=O)(=O)c4cc(Cl)cc(Cl)c4)ccc32)nn1)C(=O)OC(C)(C)C. The molecule has 0 aliphatic heterocycles. The average Bonchev–Trinajstić information content (AvgIpc) is 3.46. The zero-order chi connectivity index (χ0) is 42.0. The van der Waals surface area contributed by atoms with Gasteiger partial charge in [0.15, 0.2) is 11.6 Å². The summed E-state index contributed by atoms with van der Waals surface area (Å²) in [4.78, 5) is 53.1. The molecule has 16 nitrogen and oxygen atoms in total. The van der Waals surface area contributed by atoms with E-state index < -0.39 is 57.6 Å². The van der Waals surface area contributed by atoms with Gasteiger partial charge in [-0.3, -0.25) is 18.6 Å². The van der Waals surface area contributed by atoms with Crippen LogP contribution in [0.4, 0.5) is 25.9 Å². The van der Waals surface area contributed by atoms with Gasteiger partial charge in [-0.2, -0.15) is 0 Å². The standard InChI is InChI=1S/C37H44Cl2N6O10S/c1-35(2,3)53-32(48)43(16-17-44(33(49)54-36(4,5)6)34(50)55-37(7,8)9)30-13-12-29(40-41-30)42-15-14-23-18-26(10-11-28(23)42)45(22-31(46)47)56(51,52)27-20-24(38)19-25(39)21-27/h10-15,18-21H,16-17,22H2,1-9H3,(H,46,47). The van der Waals surface area contributed by atoms with Crippen LogP contribution in [0.15, 0.2) is 65.7 Å². The molecule has 4 rings (SSSR count). The number of aliphatic carboxylic acids is 1. The molecule has 0 bridgehead atoms. The lowest BCUT2D eigenvalue weighted by atomic mass is 10.2. The van der Waals surface area contributed by atoms with E-state index in [0.717, 1.165) is 14.1 Å². The van der Waals surface area contributed by atoms with Crippen LogP contribution in [-0.2, 0) is 29.0 Å². The van der Waals surface area contributed by atoms with Gasteiger partial charge in [0.1, 0.15) is 23.3 Å². The van der Waals surface area contributed by atoms with Crippen LogP contribution in [-0.4, -0.2) is 93.9 Å². The Morgan fingerprint density at radius 3 is 1.79 bits per heavy atom. The van der Waals surface area contributed by atoms with Crippen molar-refractivity contribution in [1.29, 1.82) is 0 Å². The number of aromatic nitrogens is 3. The third-order valence-corrected chi connectivity index (χ3v) is 9.40. The Balaban J connectivity index is 1.67. The lowest BCUT2D eigenvalue weighted by molar-refractivity contribution is -0.135. The molecule has 19 heteroatoms. The van der Waals surface area contributed by atoms with Crippen molar-refractivity contribution in [1.82, 2.24) is 19.7 Å². The molecule has 302 valence electrons. The highest BCUT2D eigenvalue weighted by molar-refractivity contribution is 7.92. The Kier molecular flexibility index (Phi) is 12.9. The molecule has 3 amide bonds. The minimum atomic E-state index is -4.42. The summed E-state index contributed by atoms with van der Waals surface area (Å²) in [5, 5.41) is 18.8. The second-order valence-electron chi connectivity index (χ2n) is 15.4. The topological polar surface area (TPSA) is 191 Å². The Morgan fingerprint density at radius 1 is 0.732 bits per heavy atom. The molecule has 4 aromatic rings. The van der Waals surface area contributed by atoms with E-state index in [9.17, 15) is 32.7 Å². The van der Waals surface area contributed by atoms with E-state index in [1.54, 1.807) is 91.3 Å². The number of sulfonamides is 1. The number of carbonyl (C=O) groups is 4. The van der Waals surface area contributed by atoms with Crippen molar-refractivity contribution in [3.8, 4) is 5.82 Å². The Bertz CT molecular complexity index is 2180. The summed E-state index contributed by atoms with van der Waals surface area (Å²) >= 11 is 12.1. The van der Waals surface area contributed by atoms with E-state index in [-0.39, 0.29) is 39.5 Å². The number of hydrogen-bond donors (Lipinski definition) is 1. The molecule has 1 N–H and O–H groups in total. The largest absolute Gasteiger partial charge is 0.480 e. The van der Waals surface area contributed by atoms with Crippen molar-refractivity contribution in [2.75, 3.05) is 28.8 Å². The number of hydrogen-bond acceptors (Lipinski definition) is 11. The van der Waals surface area contributed by atoms with E-state index >= 15 is 0 Å². The molecule has 0 radical (unpaired) electrons. The van der Waals surface area contributed by atoms with Crippen LogP contribution in [0.25, 0.3) is 16.7 Å². The van der Waals surface area contributed by atoms with Crippen molar-refractivity contribution in [2.45, 2.75) is 84.0 Å². The summed E-state index contributed by atoms with van der Waals surface area (Å²) in [5.41, 5.74) is -2.16. The van der Waals surface area contributed by atoms with Gasteiger partial charge in [0, 0.05) is 28.2 Å². The monoisotopic (exact) mass is 834 g/mol. The maximum absolute atomic E-state index is 13.6. The van der Waals surface area contributed by atoms with Crippen molar-refractivity contribution in [2.24, 2.45) is 0 Å². The molecule has 0 saturated carbocycles. The molecule has 2 heterocycles. The lowest BCUT2D eigenvalue weighted by Crippen LogP contribution is -2.48. The van der Waals surface area contributed by atoms with Gasteiger partial charge in [-0.05, 0) is 117 Å². The van der Waals surface area contributed by atoms with Crippen LogP contribution < -0.4 is 9.21 Å². The third kappa shape index (κ3) is 11.5. The van der Waals surface area contributed by atoms with Gasteiger partial charge in [0.2, 0.25) is 0 Å². The van der Waals surface area contributed by atoms with Crippen LogP contribution in [0.1, 0.15) is 62.3 Å². The number of halogens is 2. The molecule has 0 spiro atoms. The quantitative estimate of drug-likeness (QED) is 0.152. The van der Waals surface area contributed by atoms with Gasteiger partial charge in [0.25, 0.3) is 10.0 Å². The highest BCUT2D eigenvalue weighted by Gasteiger charge is 2.34. The molecule has 0 atom stereocenters. The lowest BCUT2D eigenvalue weighted by Gasteiger charge is -2.31. The van der Waals surface area contributed by atoms with Crippen LogP contribution in [0.2, 0.25) is 10.0 Å². The number of carboxylic acids is 1. The molecule has 0 aliphatic rings. The fourth-order valence-electron chi connectivity index (χ4n) is 5.03. The van der Waals surface area contributed by atoms with Crippen molar-refractivity contribution < 1.29 is 46.9 Å². The first kappa shape index (κ1) is 43.6. The summed E-state index contributed by atoms with van der Waals surface area (Å²) in [6.45, 7) is 13.4. The van der Waals surface area contributed by atoms with Crippen molar-refractivity contribution in [3.63, 3.8) is 0 Å². The zero-order valence-corrected chi connectivity index (χ0v) is 34.7. The Labute approximate surface area is 334 Å². The van der Waals surface area contributed by atoms with Crippen LogP contribution >= 0.6 is 23.2 Å². The van der Waals surface area contributed by atoms with Crippen molar-refractivity contribution in [3.05, 3.63) is 70.8 Å². The maximum Gasteiger partial charge on any atom is 0.419 e. The molecule has 0 saturated heterocycles. The second kappa shape index (κ2) is 16.5. The molecule has 0 unspecified atom stereocenters. The minimum Gasteiger partial charge on any atom is -0.480 e. The fourth-order valence-corrected chi connectivity index (χ4v) is 7.16. The third-order valence-electron chi connectivity index (χ3n) is 7.21. The van der Waals surface area contributed by atoms with Gasteiger partial charge in [-0.25, -0.2) is 27.7 Å². The summed E-state index contributed by atoms with van der Waals surface area (Å²) in [7, 11) is -4.42. The van der Waals surface area contributed by atoms with E-state index in [0.29, 0.717) is 16.7 Å². The first-order chi connectivity index (χ1) is 25.7. The number of rotatable bonds is 10. The first-order valence-electron chi connectivity index (χ1n) is 17.1. The molecule has 2 aromatic carbocycles. The predicted octanol–water partition coefficient (Wildman–Crippen LogP) is 7.92. The van der Waals surface area contributed by atoms with Gasteiger partial charge in [-0.15, -0.1) is 10.2 Å². The summed E-state index contributed by atoms with van der Waals surface area (Å²) in [5.74, 6) is -1.06. The number of benzene rings is 2. The normalized spacial score (nSPS) is 12.2. The van der Waals surface area contributed by atoms with Crippen LogP contribution in [0.3, 0.4) is 0 Å². The number of fused-ring (bicyclic) bond motifs is 1. The van der Waals surface area contributed by atoms with E-state index in [4.69, 9.17) is 37.4 Å². The van der Waals surface area contributed by atoms with Crippen LogP contribution in [0.5, 0.6) is 0 Å². The van der Waals surface area contributed by atoms with Crippen molar-refractivity contribution >= 4 is 79.9 Å². The minimum absolute atomic E-state index is 0.0331. The zero-order valence-electron chi connectivity index (χ0n) is 32.4. The summed E-state index contributed by atoms with van der Waals surface area (Å²) in [6, 6.07) is 13.0. The van der Waals surface area contributed by atoms with Gasteiger partial charge < -0.3 is 19.3 Å². The van der Waals surface area contributed by atoms with Gasteiger partial charge in [-0.1, -0.05) is 23.2 Å². The number of nitrogens with zero attached hydrogens (tertiary/aromatic N) is 6. The smallest absolute Gasteiger partial charge is 0.419 e. The van der Waals surface area contributed by atoms with Crippen LogP contribution in [0, 0.1) is 0 Å². The van der Waals surface area contributed by atoms with E-state index in [1.165, 1.54) is 36.4 Å². The fraction of sp³-hybridized carbons (Fsp3) is 0.405. The Morgan fingerprint density at radius 2 is 1.29 bits per heavy atom. The number of amides is 3. The highest BCUT2D eigenvalue weighted by atomic mass is 35.5. The molecule has 0 aliphatic carbocycles. The number of carboxylic acid groups (broad SMARTS) is 1. The number of carbonyl (C=O) groups excluding carboxylic acids is 3. The number of imide groups is 1. The highest BCUT2D eigenvalue weighted by Crippen LogP contribution is 2.31. The van der Waals surface area contributed by atoms with E-state index in [1.807, 2.05) is 0 Å². The molecular weight excluding hydrogens is 791 g/mol. The second-order valence-corrected chi connectivity index (χ2v) is 18.2. The average molecular weight is 836 g/mol. The molecule has 56 heavy (non-hydrogen) atoms. The maximum atomic E-state index is 13.6. The van der Waals surface area contributed by atoms with E-state index in [2.05, 4.69) is 10.2 Å². The number of ether oxygens (including phenoxy) is 3. The summed E-state index contributed by atoms with van der Waals surface area (Å²) in [6.07, 6.45) is -1.13. The molecule has 2 aromatic heterocycles. The number of anilines is 2. The Hall–Kier alpha value is -5.13. The predicted molar refractivity (Wildman–Crippen MR) is 210 cm³/mol.